The molecule has 1 aromatic carbocycles. The third-order valence-electron chi connectivity index (χ3n) is 4.37. The van der Waals surface area contributed by atoms with Gasteiger partial charge in [-0.1, -0.05) is 0 Å². The van der Waals surface area contributed by atoms with Crippen molar-refractivity contribution in [3.05, 3.63) is 41.0 Å². The first-order valence-corrected chi connectivity index (χ1v) is 8.50. The van der Waals surface area contributed by atoms with Crippen LogP contribution in [0.5, 0.6) is 0 Å². The number of aromatic carboxylic acids is 1. The summed E-state index contributed by atoms with van der Waals surface area (Å²) in [4.78, 5) is 39.1. The van der Waals surface area contributed by atoms with E-state index in [1.165, 1.54) is 12.1 Å². The van der Waals surface area contributed by atoms with Crippen LogP contribution in [0.25, 0.3) is 0 Å². The van der Waals surface area contributed by atoms with Crippen LogP contribution >= 0.6 is 0 Å². The average molecular weight is 358 g/mol. The molecule has 3 rings (SSSR count). The van der Waals surface area contributed by atoms with Gasteiger partial charge in [0.1, 0.15) is 5.60 Å². The minimum atomic E-state index is -1.00. The fraction of sp³-hybridized carbons (Fsp3) is 0.421. The molecule has 26 heavy (non-hydrogen) atoms. The molecule has 0 bridgehead atoms. The van der Waals surface area contributed by atoms with Crippen molar-refractivity contribution >= 4 is 23.7 Å². The molecular weight excluding hydrogens is 336 g/mol. The molecule has 2 amide bonds. The molecule has 2 heterocycles. The van der Waals surface area contributed by atoms with Gasteiger partial charge in [-0.2, -0.15) is 0 Å². The van der Waals surface area contributed by atoms with Gasteiger partial charge in [0.05, 0.1) is 5.56 Å². The molecule has 1 N–H and O–H groups in total. The first-order valence-electron chi connectivity index (χ1n) is 8.50. The number of carbonyl (C=O) groups excluding carboxylic acids is 2. The van der Waals surface area contributed by atoms with E-state index in [1.54, 1.807) is 21.9 Å². The minimum Gasteiger partial charge on any atom is -0.478 e. The monoisotopic (exact) mass is 358 g/mol. The second-order valence-corrected chi connectivity index (χ2v) is 7.48. The lowest BCUT2D eigenvalue weighted by atomic mass is 10.0. The minimum absolute atomic E-state index is 0.0769. The molecule has 2 aliphatic rings. The molecular formula is C19H22N2O5. The zero-order valence-corrected chi connectivity index (χ0v) is 15.1. The van der Waals surface area contributed by atoms with Crippen molar-refractivity contribution in [1.29, 1.82) is 0 Å². The topological polar surface area (TPSA) is 87.2 Å². The molecule has 7 nitrogen and oxygen atoms in total. The second kappa shape index (κ2) is 6.48. The van der Waals surface area contributed by atoms with E-state index in [0.29, 0.717) is 31.7 Å². The molecule has 0 unspecified atom stereocenters. The molecule has 0 spiro atoms. The van der Waals surface area contributed by atoms with Crippen molar-refractivity contribution in [1.82, 2.24) is 4.90 Å². The lowest BCUT2D eigenvalue weighted by Gasteiger charge is -2.30. The Bertz CT molecular complexity index is 789. The van der Waals surface area contributed by atoms with Crippen LogP contribution in [0.4, 0.5) is 10.5 Å². The smallest absolute Gasteiger partial charge is 0.410 e. The highest BCUT2D eigenvalue weighted by Gasteiger charge is 2.36. The highest BCUT2D eigenvalue weighted by atomic mass is 16.6. The summed E-state index contributed by atoms with van der Waals surface area (Å²) in [5.74, 6) is -1.08. The van der Waals surface area contributed by atoms with Gasteiger partial charge >= 0.3 is 12.1 Å². The van der Waals surface area contributed by atoms with E-state index < -0.39 is 11.6 Å². The Morgan fingerprint density at radius 1 is 1.12 bits per heavy atom. The summed E-state index contributed by atoms with van der Waals surface area (Å²) < 4.78 is 5.41. The van der Waals surface area contributed by atoms with Crippen molar-refractivity contribution in [2.24, 2.45) is 0 Å². The van der Waals surface area contributed by atoms with E-state index in [1.807, 2.05) is 20.8 Å². The van der Waals surface area contributed by atoms with E-state index in [2.05, 4.69) is 0 Å². The van der Waals surface area contributed by atoms with Crippen molar-refractivity contribution in [3.63, 3.8) is 0 Å². The number of carboxylic acids is 1. The van der Waals surface area contributed by atoms with Crippen LogP contribution in [0, 0.1) is 0 Å². The standard InChI is InChI=1S/C19H22N2O5/c1-19(2,3)26-18(25)20-9-8-15-13(10-20)11-21(16(15)22)14-6-4-12(5-7-14)17(23)24/h4-7H,8-11H2,1-3H3,(H,23,24). The van der Waals surface area contributed by atoms with E-state index in [0.717, 1.165) is 11.1 Å². The number of anilines is 1. The molecule has 0 saturated carbocycles. The zero-order valence-electron chi connectivity index (χ0n) is 15.1. The third kappa shape index (κ3) is 3.56. The molecule has 2 aliphatic heterocycles. The fourth-order valence-corrected chi connectivity index (χ4v) is 3.13. The zero-order chi connectivity index (χ0) is 19.1. The molecule has 0 fully saturated rings. The van der Waals surface area contributed by atoms with E-state index >= 15 is 0 Å². The average Bonchev–Trinajstić information content (AvgIpc) is 2.90. The lowest BCUT2D eigenvalue weighted by Crippen LogP contribution is -2.40. The maximum atomic E-state index is 12.7. The summed E-state index contributed by atoms with van der Waals surface area (Å²) in [6, 6.07) is 6.22. The number of carbonyl (C=O) groups is 3. The van der Waals surface area contributed by atoms with Crippen LogP contribution in [0.15, 0.2) is 35.4 Å². The van der Waals surface area contributed by atoms with Gasteiger partial charge in [0.15, 0.2) is 0 Å². The molecule has 0 radical (unpaired) electrons. The van der Waals surface area contributed by atoms with Crippen molar-refractivity contribution < 1.29 is 24.2 Å². The van der Waals surface area contributed by atoms with Gasteiger partial charge in [0, 0.05) is 30.9 Å². The van der Waals surface area contributed by atoms with E-state index in [4.69, 9.17) is 9.84 Å². The Balaban J connectivity index is 1.72. The number of amides is 2. The molecule has 0 atom stereocenters. The van der Waals surface area contributed by atoms with Gasteiger partial charge < -0.3 is 19.6 Å². The van der Waals surface area contributed by atoms with Gasteiger partial charge in [-0.05, 0) is 57.0 Å². The number of carboxylic acid groups (broad SMARTS) is 1. The predicted molar refractivity (Wildman–Crippen MR) is 95.2 cm³/mol. The van der Waals surface area contributed by atoms with Crippen molar-refractivity contribution in [2.75, 3.05) is 24.5 Å². The van der Waals surface area contributed by atoms with Crippen molar-refractivity contribution in [2.45, 2.75) is 32.8 Å². The van der Waals surface area contributed by atoms with Gasteiger partial charge in [-0.25, -0.2) is 9.59 Å². The Kier molecular flexibility index (Phi) is 4.48. The number of ether oxygens (including phenoxy) is 1. The van der Waals surface area contributed by atoms with Crippen molar-refractivity contribution in [3.8, 4) is 0 Å². The maximum absolute atomic E-state index is 12.7. The first kappa shape index (κ1) is 18.0. The number of rotatable bonds is 2. The van der Waals surface area contributed by atoms with Gasteiger partial charge in [0.25, 0.3) is 5.91 Å². The van der Waals surface area contributed by atoms with Crippen LogP contribution in [0.2, 0.25) is 0 Å². The number of hydrogen-bond donors (Lipinski definition) is 1. The number of nitrogens with zero attached hydrogens (tertiary/aromatic N) is 2. The second-order valence-electron chi connectivity index (χ2n) is 7.48. The van der Waals surface area contributed by atoms with Crippen LogP contribution in [-0.2, 0) is 9.53 Å². The van der Waals surface area contributed by atoms with Crippen LogP contribution < -0.4 is 4.90 Å². The maximum Gasteiger partial charge on any atom is 0.410 e. The van der Waals surface area contributed by atoms with E-state index in [-0.39, 0.29) is 17.6 Å². The summed E-state index contributed by atoms with van der Waals surface area (Å²) >= 11 is 0. The predicted octanol–water partition coefficient (Wildman–Crippen LogP) is 2.67. The van der Waals surface area contributed by atoms with Crippen LogP contribution in [0.3, 0.4) is 0 Å². The highest BCUT2D eigenvalue weighted by Crippen LogP contribution is 2.31. The number of hydrogen-bond acceptors (Lipinski definition) is 4. The summed E-state index contributed by atoms with van der Waals surface area (Å²) in [7, 11) is 0. The molecule has 7 heteroatoms. The summed E-state index contributed by atoms with van der Waals surface area (Å²) in [5, 5.41) is 8.99. The first-order chi connectivity index (χ1) is 12.2. The Morgan fingerprint density at radius 3 is 2.35 bits per heavy atom. The van der Waals surface area contributed by atoms with Crippen LogP contribution in [0.1, 0.15) is 37.6 Å². The fourth-order valence-electron chi connectivity index (χ4n) is 3.13. The Morgan fingerprint density at radius 2 is 1.77 bits per heavy atom. The van der Waals surface area contributed by atoms with Crippen LogP contribution in [-0.4, -0.2) is 53.2 Å². The molecule has 0 aromatic heterocycles. The van der Waals surface area contributed by atoms with Gasteiger partial charge in [-0.3, -0.25) is 4.79 Å². The molecule has 0 saturated heterocycles. The molecule has 1 aromatic rings. The quantitative estimate of drug-likeness (QED) is 0.878. The molecule has 138 valence electrons. The van der Waals surface area contributed by atoms with Gasteiger partial charge in [-0.15, -0.1) is 0 Å². The van der Waals surface area contributed by atoms with E-state index in [9.17, 15) is 14.4 Å². The largest absolute Gasteiger partial charge is 0.478 e. The summed E-state index contributed by atoms with van der Waals surface area (Å²) in [6.45, 7) is 6.69. The molecule has 0 aliphatic carbocycles. The summed E-state index contributed by atoms with van der Waals surface area (Å²) in [5.41, 5.74) is 1.92. The Labute approximate surface area is 151 Å². The van der Waals surface area contributed by atoms with Gasteiger partial charge in [0.2, 0.25) is 0 Å². The number of benzene rings is 1. The normalized spacial score (nSPS) is 17.4. The lowest BCUT2D eigenvalue weighted by molar-refractivity contribution is -0.114. The SMILES string of the molecule is CC(C)(C)OC(=O)N1CCC2=C(C1)CN(c1ccc(C(=O)O)cc1)C2=O. The highest BCUT2D eigenvalue weighted by molar-refractivity contribution is 6.09. The third-order valence-corrected chi connectivity index (χ3v) is 4.37. The Hall–Kier alpha value is -2.83. The summed E-state index contributed by atoms with van der Waals surface area (Å²) in [6.07, 6.45) is 0.123.